The largest absolute Gasteiger partial charge is 0.388 e. The highest BCUT2D eigenvalue weighted by atomic mass is 35.5. The normalized spacial score (nSPS) is 12.4. The molecule has 2 aromatic rings. The van der Waals surface area contributed by atoms with Crippen molar-refractivity contribution >= 4 is 11.6 Å². The Balaban J connectivity index is 2.18. The van der Waals surface area contributed by atoms with E-state index >= 15 is 0 Å². The van der Waals surface area contributed by atoms with Crippen LogP contribution in [0, 0.1) is 12.7 Å². The van der Waals surface area contributed by atoms with Crippen LogP contribution in [-0.4, -0.2) is 5.11 Å². The molecule has 0 aliphatic rings. The lowest BCUT2D eigenvalue weighted by atomic mass is 10.00. The number of hydrogen-bond donors (Lipinski definition) is 1. The Morgan fingerprint density at radius 1 is 1.22 bits per heavy atom. The number of aryl methyl sites for hydroxylation is 1. The first-order chi connectivity index (χ1) is 8.56. The summed E-state index contributed by atoms with van der Waals surface area (Å²) in [6.07, 6.45) is -0.254. The highest BCUT2D eigenvalue weighted by molar-refractivity contribution is 6.31. The Labute approximate surface area is 111 Å². The third-order valence-corrected chi connectivity index (χ3v) is 3.21. The van der Waals surface area contributed by atoms with E-state index in [1.54, 1.807) is 6.07 Å². The molecule has 3 heteroatoms. The van der Waals surface area contributed by atoms with E-state index in [2.05, 4.69) is 0 Å². The van der Waals surface area contributed by atoms with Gasteiger partial charge in [-0.15, -0.1) is 0 Å². The number of rotatable bonds is 3. The fraction of sp³-hybridized carbons (Fsp3) is 0.200. The van der Waals surface area contributed by atoms with E-state index in [0.29, 0.717) is 11.4 Å². The van der Waals surface area contributed by atoms with E-state index < -0.39 is 6.10 Å². The topological polar surface area (TPSA) is 20.2 Å². The Hall–Kier alpha value is -1.38. The fourth-order valence-corrected chi connectivity index (χ4v) is 2.14. The summed E-state index contributed by atoms with van der Waals surface area (Å²) in [5.41, 5.74) is 2.68. The molecule has 0 aromatic heterocycles. The maximum atomic E-state index is 12.9. The SMILES string of the molecule is Cc1cccc(C(O)Cc2ccc(F)cc2Cl)c1. The lowest BCUT2D eigenvalue weighted by Gasteiger charge is -2.13. The Kier molecular flexibility index (Phi) is 4.00. The number of halogens is 2. The van der Waals surface area contributed by atoms with E-state index in [1.807, 2.05) is 31.2 Å². The minimum absolute atomic E-state index is 0.349. The van der Waals surface area contributed by atoms with Gasteiger partial charge in [0.15, 0.2) is 0 Å². The standard InChI is InChI=1S/C15H14ClFO/c1-10-3-2-4-12(7-10)15(18)8-11-5-6-13(17)9-14(11)16/h2-7,9,15,18H,8H2,1H3. The summed E-state index contributed by atoms with van der Waals surface area (Å²) in [6.45, 7) is 1.97. The fourth-order valence-electron chi connectivity index (χ4n) is 1.89. The smallest absolute Gasteiger partial charge is 0.124 e. The minimum Gasteiger partial charge on any atom is -0.388 e. The molecule has 0 saturated carbocycles. The van der Waals surface area contributed by atoms with Crippen LogP contribution in [0.4, 0.5) is 4.39 Å². The van der Waals surface area contributed by atoms with Crippen molar-refractivity contribution in [2.45, 2.75) is 19.4 Å². The molecule has 2 aromatic carbocycles. The first-order valence-corrected chi connectivity index (χ1v) is 6.12. The molecule has 1 N–H and O–H groups in total. The monoisotopic (exact) mass is 264 g/mol. The zero-order valence-corrected chi connectivity index (χ0v) is 10.8. The van der Waals surface area contributed by atoms with Gasteiger partial charge in [-0.2, -0.15) is 0 Å². The average molecular weight is 265 g/mol. The van der Waals surface area contributed by atoms with Gasteiger partial charge in [0.25, 0.3) is 0 Å². The van der Waals surface area contributed by atoms with Crippen LogP contribution >= 0.6 is 11.6 Å². The molecular formula is C15H14ClFO. The Morgan fingerprint density at radius 3 is 2.67 bits per heavy atom. The first kappa shape index (κ1) is 13.1. The molecule has 0 amide bonds. The lowest BCUT2D eigenvalue weighted by molar-refractivity contribution is 0.178. The first-order valence-electron chi connectivity index (χ1n) is 5.75. The van der Waals surface area contributed by atoms with Crippen molar-refractivity contribution in [2.75, 3.05) is 0 Å². The Bertz CT molecular complexity index is 554. The quantitative estimate of drug-likeness (QED) is 0.886. The van der Waals surface area contributed by atoms with Crippen LogP contribution < -0.4 is 0 Å². The van der Waals surface area contributed by atoms with Crippen LogP contribution in [0.3, 0.4) is 0 Å². The summed E-state index contributed by atoms with van der Waals surface area (Å²) >= 11 is 5.94. The van der Waals surface area contributed by atoms with Gasteiger partial charge in [-0.05, 0) is 30.2 Å². The van der Waals surface area contributed by atoms with Crippen molar-refractivity contribution < 1.29 is 9.50 Å². The molecule has 0 radical (unpaired) electrons. The van der Waals surface area contributed by atoms with Crippen LogP contribution in [0.2, 0.25) is 5.02 Å². The third-order valence-electron chi connectivity index (χ3n) is 2.86. The molecule has 94 valence electrons. The average Bonchev–Trinajstić information content (AvgIpc) is 2.32. The van der Waals surface area contributed by atoms with Gasteiger partial charge in [-0.25, -0.2) is 4.39 Å². The number of benzene rings is 2. The molecule has 0 spiro atoms. The molecule has 1 nitrogen and oxygen atoms in total. The van der Waals surface area contributed by atoms with Gasteiger partial charge >= 0.3 is 0 Å². The highest BCUT2D eigenvalue weighted by Gasteiger charge is 2.11. The third kappa shape index (κ3) is 3.09. The van der Waals surface area contributed by atoms with E-state index in [-0.39, 0.29) is 5.82 Å². The molecule has 1 unspecified atom stereocenters. The molecule has 2 rings (SSSR count). The second-order valence-corrected chi connectivity index (χ2v) is 4.78. The predicted octanol–water partition coefficient (Wildman–Crippen LogP) is 4.06. The van der Waals surface area contributed by atoms with Crippen LogP contribution in [0.25, 0.3) is 0 Å². The van der Waals surface area contributed by atoms with Crippen LogP contribution in [-0.2, 0) is 6.42 Å². The van der Waals surface area contributed by atoms with Crippen molar-refractivity contribution in [3.8, 4) is 0 Å². The molecular weight excluding hydrogens is 251 g/mol. The Morgan fingerprint density at radius 2 is 2.00 bits per heavy atom. The van der Waals surface area contributed by atoms with Crippen molar-refractivity contribution in [1.29, 1.82) is 0 Å². The number of aliphatic hydroxyl groups excluding tert-OH is 1. The minimum atomic E-state index is -0.632. The highest BCUT2D eigenvalue weighted by Crippen LogP contribution is 2.24. The second kappa shape index (κ2) is 5.51. The second-order valence-electron chi connectivity index (χ2n) is 4.37. The van der Waals surface area contributed by atoms with Gasteiger partial charge in [0, 0.05) is 11.4 Å². The molecule has 0 heterocycles. The van der Waals surface area contributed by atoms with Crippen LogP contribution in [0.5, 0.6) is 0 Å². The van der Waals surface area contributed by atoms with Crippen LogP contribution in [0.15, 0.2) is 42.5 Å². The summed E-state index contributed by atoms with van der Waals surface area (Å²) in [5.74, 6) is -0.367. The van der Waals surface area contributed by atoms with Gasteiger partial charge in [-0.1, -0.05) is 47.5 Å². The molecule has 0 aliphatic heterocycles. The van der Waals surface area contributed by atoms with Crippen molar-refractivity contribution in [1.82, 2.24) is 0 Å². The maximum absolute atomic E-state index is 12.9. The van der Waals surface area contributed by atoms with Gasteiger partial charge in [0.05, 0.1) is 6.10 Å². The van der Waals surface area contributed by atoms with E-state index in [4.69, 9.17) is 11.6 Å². The molecule has 18 heavy (non-hydrogen) atoms. The van der Waals surface area contributed by atoms with E-state index in [1.165, 1.54) is 12.1 Å². The summed E-state index contributed by atoms with van der Waals surface area (Å²) in [5, 5.41) is 10.5. The lowest BCUT2D eigenvalue weighted by Crippen LogP contribution is -2.02. The molecule has 0 bridgehead atoms. The molecule has 0 aliphatic carbocycles. The van der Waals surface area contributed by atoms with Gasteiger partial charge in [0.2, 0.25) is 0 Å². The summed E-state index contributed by atoms with van der Waals surface area (Å²) in [4.78, 5) is 0. The molecule has 0 fully saturated rings. The predicted molar refractivity (Wildman–Crippen MR) is 71.3 cm³/mol. The van der Waals surface area contributed by atoms with Gasteiger partial charge in [0.1, 0.15) is 5.82 Å². The van der Waals surface area contributed by atoms with Crippen LogP contribution in [0.1, 0.15) is 22.8 Å². The zero-order valence-electron chi connectivity index (χ0n) is 10.0. The molecule has 1 atom stereocenters. The number of hydrogen-bond acceptors (Lipinski definition) is 1. The van der Waals surface area contributed by atoms with Crippen molar-refractivity contribution in [3.05, 3.63) is 70.0 Å². The zero-order chi connectivity index (χ0) is 13.1. The summed E-state index contributed by atoms with van der Waals surface area (Å²) in [7, 11) is 0. The maximum Gasteiger partial charge on any atom is 0.124 e. The van der Waals surface area contributed by atoms with Gasteiger partial charge in [-0.3, -0.25) is 0 Å². The van der Waals surface area contributed by atoms with Gasteiger partial charge < -0.3 is 5.11 Å². The van der Waals surface area contributed by atoms with E-state index in [0.717, 1.165) is 16.7 Å². The molecule has 0 saturated heterocycles. The van der Waals surface area contributed by atoms with E-state index in [9.17, 15) is 9.50 Å². The summed E-state index contributed by atoms with van der Waals surface area (Å²) < 4.78 is 12.9. The number of aliphatic hydroxyl groups is 1. The van der Waals surface area contributed by atoms with Crippen molar-refractivity contribution in [2.24, 2.45) is 0 Å². The summed E-state index contributed by atoms with van der Waals surface area (Å²) in [6, 6.07) is 11.9. The van der Waals surface area contributed by atoms with Crippen molar-refractivity contribution in [3.63, 3.8) is 0 Å².